The number of aryl methyl sites for hydroxylation is 2. The molecule has 6 nitrogen and oxygen atoms in total. The van der Waals surface area contributed by atoms with Crippen molar-refractivity contribution in [2.75, 3.05) is 11.9 Å². The van der Waals surface area contributed by atoms with E-state index in [0.717, 1.165) is 43.0 Å². The first-order valence-corrected chi connectivity index (χ1v) is 7.43. The number of rotatable bonds is 4. The molecule has 21 heavy (non-hydrogen) atoms. The van der Waals surface area contributed by atoms with E-state index in [-0.39, 0.29) is 6.10 Å². The van der Waals surface area contributed by atoms with Crippen molar-refractivity contribution >= 4 is 5.82 Å². The van der Waals surface area contributed by atoms with Crippen LogP contribution in [0.2, 0.25) is 0 Å². The zero-order valence-corrected chi connectivity index (χ0v) is 12.5. The summed E-state index contributed by atoms with van der Waals surface area (Å²) in [6, 6.07) is 5.81. The Bertz CT molecular complexity index is 607. The second kappa shape index (κ2) is 5.81. The van der Waals surface area contributed by atoms with E-state index in [4.69, 9.17) is 0 Å². The Kier molecular flexibility index (Phi) is 3.88. The number of aliphatic hydroxyl groups excluding tert-OH is 1. The predicted octanol–water partition coefficient (Wildman–Crippen LogP) is 1.85. The maximum absolute atomic E-state index is 9.80. The van der Waals surface area contributed by atoms with E-state index >= 15 is 0 Å². The zero-order valence-electron chi connectivity index (χ0n) is 12.5. The second-order valence-corrected chi connectivity index (χ2v) is 5.75. The van der Waals surface area contributed by atoms with Crippen LogP contribution < -0.4 is 5.32 Å². The molecule has 1 fully saturated rings. The summed E-state index contributed by atoms with van der Waals surface area (Å²) in [6.07, 6.45) is 2.91. The lowest BCUT2D eigenvalue weighted by atomic mass is 10.1. The molecule has 6 heteroatoms. The van der Waals surface area contributed by atoms with Gasteiger partial charge in [-0.05, 0) is 44.9 Å². The summed E-state index contributed by atoms with van der Waals surface area (Å²) < 4.78 is 1.78. The molecule has 0 saturated heterocycles. The molecule has 0 spiro atoms. The Morgan fingerprint density at radius 1 is 1.29 bits per heavy atom. The van der Waals surface area contributed by atoms with Crippen LogP contribution in [0.15, 0.2) is 18.2 Å². The molecule has 112 valence electrons. The van der Waals surface area contributed by atoms with Gasteiger partial charge in [0.05, 0.1) is 11.8 Å². The lowest BCUT2D eigenvalue weighted by molar-refractivity contribution is 0.138. The molecule has 0 aliphatic heterocycles. The molecule has 2 aromatic heterocycles. The first kappa shape index (κ1) is 14.0. The van der Waals surface area contributed by atoms with E-state index in [1.54, 1.807) is 4.68 Å². The number of hydrogen-bond acceptors (Lipinski definition) is 5. The number of hydrogen-bond donors (Lipinski definition) is 2. The minimum Gasteiger partial charge on any atom is -0.393 e. The average molecular weight is 287 g/mol. The summed E-state index contributed by atoms with van der Waals surface area (Å²) in [5.41, 5.74) is 2.00. The van der Waals surface area contributed by atoms with E-state index in [2.05, 4.69) is 20.6 Å². The molecule has 2 atom stereocenters. The Hall–Kier alpha value is -1.95. The van der Waals surface area contributed by atoms with E-state index in [0.29, 0.717) is 11.7 Å². The van der Waals surface area contributed by atoms with Crippen LogP contribution in [0.1, 0.15) is 30.7 Å². The summed E-state index contributed by atoms with van der Waals surface area (Å²) in [7, 11) is 0. The zero-order chi connectivity index (χ0) is 14.8. The molecular weight excluding hydrogens is 266 g/mol. The van der Waals surface area contributed by atoms with Gasteiger partial charge in [-0.15, -0.1) is 10.2 Å². The molecule has 2 unspecified atom stereocenters. The molecule has 3 rings (SSSR count). The van der Waals surface area contributed by atoms with Crippen molar-refractivity contribution in [1.29, 1.82) is 0 Å². The van der Waals surface area contributed by atoms with Crippen LogP contribution in [-0.4, -0.2) is 37.7 Å². The monoisotopic (exact) mass is 287 g/mol. The normalized spacial score (nSPS) is 21.7. The van der Waals surface area contributed by atoms with Gasteiger partial charge in [-0.3, -0.25) is 0 Å². The van der Waals surface area contributed by atoms with Crippen molar-refractivity contribution in [2.45, 2.75) is 39.2 Å². The lowest BCUT2D eigenvalue weighted by Gasteiger charge is -2.15. The van der Waals surface area contributed by atoms with E-state index < -0.39 is 0 Å². The van der Waals surface area contributed by atoms with Gasteiger partial charge in [-0.25, -0.2) is 4.68 Å². The molecule has 2 aromatic rings. The molecule has 1 saturated carbocycles. The Morgan fingerprint density at radius 3 is 2.71 bits per heavy atom. The molecule has 0 radical (unpaired) electrons. The molecule has 1 aliphatic carbocycles. The molecule has 2 heterocycles. The standard InChI is InChI=1S/C15H21N5O/c1-10-8-11(2)20(19-10)15-7-6-14(17-18-15)16-9-12-4-3-5-13(12)21/h6-8,12-13,21H,3-5,9H2,1-2H3,(H,16,17). The summed E-state index contributed by atoms with van der Waals surface area (Å²) >= 11 is 0. The highest BCUT2D eigenvalue weighted by Crippen LogP contribution is 2.25. The van der Waals surface area contributed by atoms with Crippen molar-refractivity contribution in [1.82, 2.24) is 20.0 Å². The SMILES string of the molecule is Cc1cc(C)n(-c2ccc(NCC3CCCC3O)nn2)n1. The fourth-order valence-electron chi connectivity index (χ4n) is 2.88. The first-order chi connectivity index (χ1) is 10.1. The number of nitrogens with one attached hydrogen (secondary N) is 1. The van der Waals surface area contributed by atoms with E-state index in [9.17, 15) is 5.11 Å². The van der Waals surface area contributed by atoms with E-state index in [1.807, 2.05) is 32.0 Å². The van der Waals surface area contributed by atoms with Crippen molar-refractivity contribution in [3.63, 3.8) is 0 Å². The van der Waals surface area contributed by atoms with Gasteiger partial charge in [0, 0.05) is 18.2 Å². The minimum absolute atomic E-state index is 0.181. The van der Waals surface area contributed by atoms with Gasteiger partial charge in [0.1, 0.15) is 5.82 Å². The first-order valence-electron chi connectivity index (χ1n) is 7.43. The topological polar surface area (TPSA) is 75.9 Å². The lowest BCUT2D eigenvalue weighted by Crippen LogP contribution is -2.22. The van der Waals surface area contributed by atoms with Crippen LogP contribution in [0.5, 0.6) is 0 Å². The van der Waals surface area contributed by atoms with Gasteiger partial charge in [0.25, 0.3) is 0 Å². The smallest absolute Gasteiger partial charge is 0.176 e. The quantitative estimate of drug-likeness (QED) is 0.897. The third-order valence-electron chi connectivity index (χ3n) is 4.04. The van der Waals surface area contributed by atoms with Gasteiger partial charge in [0.2, 0.25) is 0 Å². The molecule has 0 aromatic carbocycles. The predicted molar refractivity (Wildman–Crippen MR) is 80.5 cm³/mol. The van der Waals surface area contributed by atoms with Crippen LogP contribution in [0.25, 0.3) is 5.82 Å². The number of anilines is 1. The third-order valence-corrected chi connectivity index (χ3v) is 4.04. The van der Waals surface area contributed by atoms with Crippen LogP contribution in [0.3, 0.4) is 0 Å². The van der Waals surface area contributed by atoms with Gasteiger partial charge >= 0.3 is 0 Å². The molecular formula is C15H21N5O. The maximum Gasteiger partial charge on any atom is 0.176 e. The summed E-state index contributed by atoms with van der Waals surface area (Å²) in [5, 5.41) is 25.8. The van der Waals surface area contributed by atoms with Crippen LogP contribution in [0.4, 0.5) is 5.82 Å². The summed E-state index contributed by atoms with van der Waals surface area (Å²) in [4.78, 5) is 0. The van der Waals surface area contributed by atoms with Crippen molar-refractivity contribution in [3.05, 3.63) is 29.6 Å². The molecule has 0 amide bonds. The van der Waals surface area contributed by atoms with Crippen molar-refractivity contribution in [2.24, 2.45) is 5.92 Å². The third kappa shape index (κ3) is 3.05. The van der Waals surface area contributed by atoms with Crippen LogP contribution in [0, 0.1) is 19.8 Å². The molecule has 0 bridgehead atoms. The highest BCUT2D eigenvalue weighted by atomic mass is 16.3. The van der Waals surface area contributed by atoms with Crippen molar-refractivity contribution in [3.8, 4) is 5.82 Å². The van der Waals surface area contributed by atoms with Crippen LogP contribution in [-0.2, 0) is 0 Å². The molecule has 1 aliphatic rings. The Labute approximate surface area is 124 Å². The average Bonchev–Trinajstić information content (AvgIpc) is 3.03. The largest absolute Gasteiger partial charge is 0.393 e. The minimum atomic E-state index is -0.181. The Balaban J connectivity index is 1.65. The number of aromatic nitrogens is 4. The second-order valence-electron chi connectivity index (χ2n) is 5.75. The van der Waals surface area contributed by atoms with Crippen molar-refractivity contribution < 1.29 is 5.11 Å². The maximum atomic E-state index is 9.80. The summed E-state index contributed by atoms with van der Waals surface area (Å²) in [5.74, 6) is 1.77. The van der Waals surface area contributed by atoms with Gasteiger partial charge in [-0.2, -0.15) is 5.10 Å². The van der Waals surface area contributed by atoms with E-state index in [1.165, 1.54) is 0 Å². The Morgan fingerprint density at radius 2 is 2.14 bits per heavy atom. The highest BCUT2D eigenvalue weighted by molar-refractivity contribution is 5.37. The molecule has 2 N–H and O–H groups in total. The fraction of sp³-hybridized carbons (Fsp3) is 0.533. The van der Waals surface area contributed by atoms with Gasteiger partial charge in [0.15, 0.2) is 5.82 Å². The summed E-state index contributed by atoms with van der Waals surface area (Å²) in [6.45, 7) is 4.70. The van der Waals surface area contributed by atoms with Gasteiger partial charge in [-0.1, -0.05) is 6.42 Å². The highest BCUT2D eigenvalue weighted by Gasteiger charge is 2.24. The van der Waals surface area contributed by atoms with Gasteiger partial charge < -0.3 is 10.4 Å². The van der Waals surface area contributed by atoms with Crippen LogP contribution >= 0.6 is 0 Å². The number of aliphatic hydroxyl groups is 1. The number of nitrogens with zero attached hydrogens (tertiary/aromatic N) is 4. The fourth-order valence-corrected chi connectivity index (χ4v) is 2.88.